The lowest BCUT2D eigenvalue weighted by Crippen LogP contribution is -1.96. The molecule has 0 saturated carbocycles. The fourth-order valence-electron chi connectivity index (χ4n) is 2.20. The van der Waals surface area contributed by atoms with Crippen LogP contribution in [0.2, 0.25) is 5.15 Å². The monoisotopic (exact) mass is 307 g/mol. The van der Waals surface area contributed by atoms with Crippen LogP contribution in [0.1, 0.15) is 11.5 Å². The molecular formula is C14H11ClFN3O2. The average molecular weight is 308 g/mol. The lowest BCUT2D eigenvalue weighted by molar-refractivity contribution is 0.394. The number of aryl methyl sites for hydroxylation is 2. The van der Waals surface area contributed by atoms with Gasteiger partial charge in [-0.2, -0.15) is 4.98 Å². The van der Waals surface area contributed by atoms with Gasteiger partial charge < -0.3 is 9.26 Å². The van der Waals surface area contributed by atoms with Crippen LogP contribution in [0.15, 0.2) is 16.7 Å². The fourth-order valence-corrected chi connectivity index (χ4v) is 2.51. The van der Waals surface area contributed by atoms with Crippen molar-refractivity contribution in [3.8, 4) is 17.1 Å². The topological polar surface area (TPSA) is 61.0 Å². The zero-order chi connectivity index (χ0) is 15.1. The number of hydrogen-bond acceptors (Lipinski definition) is 5. The van der Waals surface area contributed by atoms with E-state index in [1.165, 1.54) is 13.2 Å². The van der Waals surface area contributed by atoms with Gasteiger partial charge in [0.05, 0.1) is 12.7 Å². The Kier molecular flexibility index (Phi) is 3.25. The molecule has 5 nitrogen and oxygen atoms in total. The van der Waals surface area contributed by atoms with Crippen molar-refractivity contribution in [2.75, 3.05) is 7.11 Å². The van der Waals surface area contributed by atoms with Crippen molar-refractivity contribution in [2.24, 2.45) is 0 Å². The molecule has 7 heteroatoms. The molecule has 0 N–H and O–H groups in total. The number of nitrogens with zero attached hydrogens (tertiary/aromatic N) is 3. The molecule has 0 aliphatic carbocycles. The molecule has 0 amide bonds. The minimum absolute atomic E-state index is 0.130. The lowest BCUT2D eigenvalue weighted by atomic mass is 10.0. The van der Waals surface area contributed by atoms with Crippen LogP contribution >= 0.6 is 11.6 Å². The molecule has 0 radical (unpaired) electrons. The molecule has 2 aromatic heterocycles. The maximum Gasteiger partial charge on any atom is 0.223 e. The van der Waals surface area contributed by atoms with Crippen molar-refractivity contribution in [1.82, 2.24) is 15.1 Å². The van der Waals surface area contributed by atoms with E-state index in [0.717, 1.165) is 0 Å². The Morgan fingerprint density at radius 3 is 2.62 bits per heavy atom. The maximum absolute atomic E-state index is 14.1. The minimum atomic E-state index is -0.495. The summed E-state index contributed by atoms with van der Waals surface area (Å²) in [5, 5.41) is 4.56. The molecule has 0 unspecified atom stereocenters. The predicted octanol–water partition coefficient (Wildman–Crippen LogP) is 3.70. The number of hydrogen-bond donors (Lipinski definition) is 0. The molecule has 2 heterocycles. The summed E-state index contributed by atoms with van der Waals surface area (Å²) in [6.07, 6.45) is 0. The van der Waals surface area contributed by atoms with Crippen LogP contribution in [0.4, 0.5) is 4.39 Å². The van der Waals surface area contributed by atoms with Crippen LogP contribution in [-0.2, 0) is 0 Å². The molecule has 3 aromatic rings. The van der Waals surface area contributed by atoms with Gasteiger partial charge >= 0.3 is 0 Å². The highest BCUT2D eigenvalue weighted by molar-refractivity contribution is 6.32. The predicted molar refractivity (Wildman–Crippen MR) is 76.0 cm³/mol. The quantitative estimate of drug-likeness (QED) is 0.675. The third kappa shape index (κ3) is 2.21. The van der Waals surface area contributed by atoms with Crippen LogP contribution < -0.4 is 4.74 Å². The highest BCUT2D eigenvalue weighted by Crippen LogP contribution is 2.35. The van der Waals surface area contributed by atoms with Gasteiger partial charge in [0, 0.05) is 18.4 Å². The van der Waals surface area contributed by atoms with E-state index in [1.54, 1.807) is 19.9 Å². The van der Waals surface area contributed by atoms with Gasteiger partial charge in [0.2, 0.25) is 11.7 Å². The Labute approximate surface area is 124 Å². The molecule has 108 valence electrons. The second kappa shape index (κ2) is 4.96. The number of fused-ring (bicyclic) bond motifs is 1. The van der Waals surface area contributed by atoms with Gasteiger partial charge in [0.25, 0.3) is 0 Å². The average Bonchev–Trinajstić information content (AvgIpc) is 2.86. The summed E-state index contributed by atoms with van der Waals surface area (Å²) in [5.74, 6) is 0.651. The SMILES string of the molecule is COc1cc(F)c2nc(Cl)c(-c3noc(C)n3)c(C)c2c1. The number of rotatable bonds is 2. The van der Waals surface area contributed by atoms with Gasteiger partial charge in [0.1, 0.15) is 16.4 Å². The van der Waals surface area contributed by atoms with Crippen LogP contribution in [-0.4, -0.2) is 22.2 Å². The number of halogens is 2. The normalized spacial score (nSPS) is 11.1. The summed E-state index contributed by atoms with van der Waals surface area (Å²) in [4.78, 5) is 8.26. The molecule has 0 fully saturated rings. The van der Waals surface area contributed by atoms with E-state index in [2.05, 4.69) is 15.1 Å². The van der Waals surface area contributed by atoms with Gasteiger partial charge in [-0.25, -0.2) is 9.37 Å². The van der Waals surface area contributed by atoms with E-state index in [0.29, 0.717) is 34.0 Å². The molecular weight excluding hydrogens is 297 g/mol. The van der Waals surface area contributed by atoms with E-state index in [1.807, 2.05) is 0 Å². The van der Waals surface area contributed by atoms with Crippen LogP contribution in [0.3, 0.4) is 0 Å². The summed E-state index contributed by atoms with van der Waals surface area (Å²) in [7, 11) is 1.47. The smallest absolute Gasteiger partial charge is 0.223 e. The van der Waals surface area contributed by atoms with Crippen LogP contribution in [0.5, 0.6) is 5.75 Å². The number of methoxy groups -OCH3 is 1. The maximum atomic E-state index is 14.1. The van der Waals surface area contributed by atoms with Crippen molar-refractivity contribution in [3.63, 3.8) is 0 Å². The van der Waals surface area contributed by atoms with Crippen molar-refractivity contribution in [3.05, 3.63) is 34.6 Å². The Bertz CT molecular complexity index is 848. The second-order valence-corrected chi connectivity index (χ2v) is 4.90. The Balaban J connectivity index is 2.37. The molecule has 0 bridgehead atoms. The number of benzene rings is 1. The van der Waals surface area contributed by atoms with Crippen LogP contribution in [0.25, 0.3) is 22.3 Å². The molecule has 0 aliphatic heterocycles. The van der Waals surface area contributed by atoms with E-state index in [9.17, 15) is 4.39 Å². The summed E-state index contributed by atoms with van der Waals surface area (Å²) < 4.78 is 24.1. The third-order valence-electron chi connectivity index (χ3n) is 3.22. The Morgan fingerprint density at radius 2 is 2.00 bits per heavy atom. The molecule has 1 aromatic carbocycles. The Hall–Kier alpha value is -2.21. The largest absolute Gasteiger partial charge is 0.497 e. The van der Waals surface area contributed by atoms with E-state index in [-0.39, 0.29) is 10.7 Å². The molecule has 0 atom stereocenters. The fraction of sp³-hybridized carbons (Fsp3) is 0.214. The molecule has 0 saturated heterocycles. The molecule has 0 spiro atoms. The first-order chi connectivity index (χ1) is 10.0. The summed E-state index contributed by atoms with van der Waals surface area (Å²) in [5.41, 5.74) is 1.42. The summed E-state index contributed by atoms with van der Waals surface area (Å²) in [6, 6.07) is 2.97. The first-order valence-electron chi connectivity index (χ1n) is 6.15. The minimum Gasteiger partial charge on any atom is -0.497 e. The van der Waals surface area contributed by atoms with E-state index < -0.39 is 5.82 Å². The summed E-state index contributed by atoms with van der Waals surface area (Å²) in [6.45, 7) is 3.48. The highest BCUT2D eigenvalue weighted by atomic mass is 35.5. The van der Waals surface area contributed by atoms with Gasteiger partial charge in [-0.1, -0.05) is 16.8 Å². The van der Waals surface area contributed by atoms with Crippen LogP contribution in [0, 0.1) is 19.7 Å². The van der Waals surface area contributed by atoms with Crippen molar-refractivity contribution < 1.29 is 13.7 Å². The first kappa shape index (κ1) is 13.8. The Morgan fingerprint density at radius 1 is 1.24 bits per heavy atom. The lowest BCUT2D eigenvalue weighted by Gasteiger charge is -2.10. The van der Waals surface area contributed by atoms with Crippen molar-refractivity contribution in [1.29, 1.82) is 0 Å². The zero-order valence-corrected chi connectivity index (χ0v) is 12.3. The second-order valence-electron chi connectivity index (χ2n) is 4.55. The molecule has 21 heavy (non-hydrogen) atoms. The van der Waals surface area contributed by atoms with E-state index in [4.69, 9.17) is 20.9 Å². The highest BCUT2D eigenvalue weighted by Gasteiger charge is 2.19. The van der Waals surface area contributed by atoms with Crippen molar-refractivity contribution in [2.45, 2.75) is 13.8 Å². The molecule has 0 aliphatic rings. The standard InChI is InChI=1S/C14H11ClFN3O2/c1-6-9-4-8(20-3)5-10(16)12(9)18-13(15)11(6)14-17-7(2)21-19-14/h4-5H,1-3H3. The van der Waals surface area contributed by atoms with Gasteiger partial charge in [-0.15, -0.1) is 0 Å². The van der Waals surface area contributed by atoms with Gasteiger partial charge in [0.15, 0.2) is 5.82 Å². The van der Waals surface area contributed by atoms with Gasteiger partial charge in [-0.05, 0) is 18.6 Å². The third-order valence-corrected chi connectivity index (χ3v) is 3.49. The number of aromatic nitrogens is 3. The number of ether oxygens (including phenoxy) is 1. The zero-order valence-electron chi connectivity index (χ0n) is 11.6. The van der Waals surface area contributed by atoms with E-state index >= 15 is 0 Å². The molecule has 3 rings (SSSR count). The first-order valence-corrected chi connectivity index (χ1v) is 6.53. The van der Waals surface area contributed by atoms with Gasteiger partial charge in [-0.3, -0.25) is 0 Å². The summed E-state index contributed by atoms with van der Waals surface area (Å²) >= 11 is 6.17. The van der Waals surface area contributed by atoms with Crippen molar-refractivity contribution >= 4 is 22.5 Å². The number of pyridine rings is 1.